The topological polar surface area (TPSA) is 129 Å². The first-order chi connectivity index (χ1) is 20.2. The van der Waals surface area contributed by atoms with Crippen LogP contribution in [0, 0.1) is 20.8 Å². The van der Waals surface area contributed by atoms with Gasteiger partial charge in [0.15, 0.2) is 0 Å². The van der Waals surface area contributed by atoms with Gasteiger partial charge in [-0.1, -0.05) is 0 Å². The Balaban J connectivity index is 1.26. The highest BCUT2D eigenvalue weighted by Gasteiger charge is 2.47. The molecule has 2 N–H and O–H groups in total. The average Bonchev–Trinajstić information content (AvgIpc) is 3.27. The molecule has 2 aromatic rings. The maximum Gasteiger partial charge on any atom is 0.253 e. The van der Waals surface area contributed by atoms with E-state index in [1.165, 1.54) is 9.71 Å². The van der Waals surface area contributed by atoms with Crippen LogP contribution in [0.3, 0.4) is 0 Å². The molecule has 230 valence electrons. The first-order valence-corrected chi connectivity index (χ1v) is 16.1. The number of benzene rings is 2. The third-order valence-corrected chi connectivity index (χ3v) is 10.5. The molecule has 0 saturated carbocycles. The summed E-state index contributed by atoms with van der Waals surface area (Å²) in [5.74, 6) is 0.945. The van der Waals surface area contributed by atoms with Gasteiger partial charge < -0.3 is 20.1 Å². The fourth-order valence-corrected chi connectivity index (χ4v) is 7.28. The number of methoxy groups -OCH3 is 1. The summed E-state index contributed by atoms with van der Waals surface area (Å²) in [6.45, 7) is 8.78. The van der Waals surface area contributed by atoms with Gasteiger partial charge in [0.1, 0.15) is 17.1 Å². The molecular weight excluding hydrogens is 568 g/mol. The molecule has 3 heterocycles. The Labute approximate surface area is 253 Å². The summed E-state index contributed by atoms with van der Waals surface area (Å²) in [5.41, 5.74) is 2.88. The Bertz CT molecular complexity index is 1590. The van der Waals surface area contributed by atoms with Crippen molar-refractivity contribution in [3.05, 3.63) is 69.1 Å². The van der Waals surface area contributed by atoms with Crippen LogP contribution in [0.2, 0.25) is 0 Å². The fourth-order valence-electron chi connectivity index (χ4n) is 6.10. The van der Waals surface area contributed by atoms with Crippen LogP contribution < -0.4 is 10.1 Å². The molecule has 10 nitrogen and oxygen atoms in total. The number of aliphatic imine (C=N–C) groups is 1. The van der Waals surface area contributed by atoms with Gasteiger partial charge in [0.2, 0.25) is 10.0 Å². The Morgan fingerprint density at radius 1 is 1.00 bits per heavy atom. The summed E-state index contributed by atoms with van der Waals surface area (Å²) in [6, 6.07) is 9.17. The van der Waals surface area contributed by atoms with E-state index in [1.54, 1.807) is 37.1 Å². The molecule has 3 aliphatic heterocycles. The van der Waals surface area contributed by atoms with Gasteiger partial charge in [-0.15, -0.1) is 0 Å². The third kappa shape index (κ3) is 6.25. The minimum Gasteiger partial charge on any atom is -0.496 e. The number of nitrogens with zero attached hydrogens (tertiary/aromatic N) is 3. The molecular formula is C32H40N4O6S. The maximum absolute atomic E-state index is 13.3. The van der Waals surface area contributed by atoms with Crippen molar-refractivity contribution in [2.75, 3.05) is 33.3 Å². The molecule has 0 radical (unpaired) electrons. The lowest BCUT2D eigenvalue weighted by atomic mass is 9.89. The number of rotatable bonds is 6. The number of aliphatic hydroxyl groups is 1. The van der Waals surface area contributed by atoms with Crippen LogP contribution >= 0.6 is 0 Å². The summed E-state index contributed by atoms with van der Waals surface area (Å²) in [7, 11) is -2.15. The number of hydrogen-bond acceptors (Lipinski definition) is 7. The van der Waals surface area contributed by atoms with Gasteiger partial charge in [0.25, 0.3) is 11.8 Å². The lowest BCUT2D eigenvalue weighted by Crippen LogP contribution is -2.50. The highest BCUT2D eigenvalue weighted by Crippen LogP contribution is 2.33. The lowest BCUT2D eigenvalue weighted by molar-refractivity contribution is -0.124. The molecule has 11 heteroatoms. The van der Waals surface area contributed by atoms with Crippen LogP contribution in [0.25, 0.3) is 6.08 Å². The van der Waals surface area contributed by atoms with E-state index in [4.69, 9.17) is 9.73 Å². The summed E-state index contributed by atoms with van der Waals surface area (Å²) in [6.07, 6.45) is 3.22. The first-order valence-electron chi connectivity index (χ1n) is 14.6. The highest BCUT2D eigenvalue weighted by atomic mass is 32.2. The number of piperidine rings is 2. The van der Waals surface area contributed by atoms with E-state index < -0.39 is 21.2 Å². The summed E-state index contributed by atoms with van der Waals surface area (Å²) in [5, 5.41) is 14.3. The van der Waals surface area contributed by atoms with E-state index in [0.29, 0.717) is 37.3 Å². The monoisotopic (exact) mass is 608 g/mol. The molecule has 1 spiro atoms. The molecule has 2 fully saturated rings. The lowest BCUT2D eigenvalue weighted by Gasteiger charge is -2.36. The molecule has 0 bridgehead atoms. The minimum absolute atomic E-state index is 0.0870. The van der Waals surface area contributed by atoms with Gasteiger partial charge in [0, 0.05) is 42.7 Å². The first kappa shape index (κ1) is 30.9. The molecule has 3 aliphatic rings. The molecule has 0 aliphatic carbocycles. The number of carbonyl (C=O) groups is 2. The molecule has 5 rings (SSSR count). The Hall–Kier alpha value is -3.54. The van der Waals surface area contributed by atoms with Gasteiger partial charge in [-0.05, 0) is 112 Å². The molecule has 2 amide bonds. The van der Waals surface area contributed by atoms with Crippen molar-refractivity contribution < 1.29 is 27.9 Å². The van der Waals surface area contributed by atoms with Crippen molar-refractivity contribution in [1.29, 1.82) is 0 Å². The normalized spacial score (nSPS) is 20.4. The number of amides is 2. The highest BCUT2D eigenvalue weighted by molar-refractivity contribution is 7.92. The van der Waals surface area contributed by atoms with E-state index >= 15 is 0 Å². The Morgan fingerprint density at radius 3 is 2.21 bits per heavy atom. The zero-order chi connectivity index (χ0) is 31.2. The van der Waals surface area contributed by atoms with Crippen molar-refractivity contribution in [3.8, 4) is 5.75 Å². The zero-order valence-electron chi connectivity index (χ0n) is 25.4. The van der Waals surface area contributed by atoms with Crippen LogP contribution in [0.1, 0.15) is 70.8 Å². The van der Waals surface area contributed by atoms with E-state index in [0.717, 1.165) is 33.6 Å². The minimum atomic E-state index is -3.75. The largest absolute Gasteiger partial charge is 0.496 e. The maximum atomic E-state index is 13.3. The van der Waals surface area contributed by atoms with Crippen molar-refractivity contribution in [3.63, 3.8) is 0 Å². The number of aryl methyl sites for hydroxylation is 3. The summed E-state index contributed by atoms with van der Waals surface area (Å²) >= 11 is 0. The predicted molar refractivity (Wildman–Crippen MR) is 166 cm³/mol. The molecule has 2 saturated heterocycles. The van der Waals surface area contributed by atoms with Crippen LogP contribution in [0.5, 0.6) is 5.75 Å². The van der Waals surface area contributed by atoms with Crippen LogP contribution in [0.4, 0.5) is 0 Å². The molecule has 2 aromatic carbocycles. The van der Waals surface area contributed by atoms with Gasteiger partial charge in [-0.25, -0.2) is 8.42 Å². The van der Waals surface area contributed by atoms with Gasteiger partial charge in [-0.3, -0.25) is 14.6 Å². The summed E-state index contributed by atoms with van der Waals surface area (Å²) < 4.78 is 33.3. The van der Waals surface area contributed by atoms with E-state index in [-0.39, 0.29) is 37.7 Å². The second kappa shape index (κ2) is 11.5. The zero-order valence-corrected chi connectivity index (χ0v) is 26.3. The predicted octanol–water partition coefficient (Wildman–Crippen LogP) is 3.32. The number of amidine groups is 1. The number of sulfonamides is 1. The van der Waals surface area contributed by atoms with Gasteiger partial charge >= 0.3 is 0 Å². The van der Waals surface area contributed by atoms with Crippen molar-refractivity contribution in [1.82, 2.24) is 14.5 Å². The van der Waals surface area contributed by atoms with Crippen molar-refractivity contribution in [2.45, 2.75) is 64.5 Å². The van der Waals surface area contributed by atoms with Gasteiger partial charge in [-0.2, -0.15) is 4.31 Å². The van der Waals surface area contributed by atoms with Crippen LogP contribution in [-0.2, 0) is 14.8 Å². The van der Waals surface area contributed by atoms with E-state index in [1.807, 2.05) is 39.0 Å². The van der Waals surface area contributed by atoms with E-state index in [2.05, 4.69) is 5.32 Å². The van der Waals surface area contributed by atoms with Gasteiger partial charge in [0.05, 0.1) is 12.7 Å². The third-order valence-electron chi connectivity index (χ3n) is 8.93. The summed E-state index contributed by atoms with van der Waals surface area (Å²) in [4.78, 5) is 32.6. The second-order valence-corrected chi connectivity index (χ2v) is 14.0. The van der Waals surface area contributed by atoms with E-state index in [9.17, 15) is 23.1 Å². The van der Waals surface area contributed by atoms with Crippen molar-refractivity contribution >= 4 is 33.7 Å². The smallest absolute Gasteiger partial charge is 0.253 e. The number of carbonyl (C=O) groups excluding carboxylic acids is 2. The van der Waals surface area contributed by atoms with Crippen LogP contribution in [0.15, 0.2) is 40.7 Å². The standard InChI is InChI=1S/C32H40N4O6S/c1-21-18-25(29(37)35-13-9-31(4,39)10-14-35)19-22(2)26(21)8-17-43(40,41)36-15-11-32(12-16-36)30(38)33-28(34-32)24-6-7-27(42-5)23(3)20-24/h6-8,17-20,39H,9-16H2,1-5H3,(H,33,34,38). The Morgan fingerprint density at radius 2 is 1.63 bits per heavy atom. The SMILES string of the molecule is COc1ccc(C2=NC3(CCN(S(=O)(=O)C=Cc4c(C)cc(C(=O)N5CCC(C)(O)CC5)cc4C)CC3)C(=O)N2)cc1C. The molecule has 0 atom stereocenters. The second-order valence-electron chi connectivity index (χ2n) is 12.2. The quantitative estimate of drug-likeness (QED) is 0.518. The molecule has 0 aromatic heterocycles. The van der Waals surface area contributed by atoms with Crippen molar-refractivity contribution in [2.24, 2.45) is 4.99 Å². The molecule has 0 unspecified atom stereocenters. The fraction of sp³-hybridized carbons (Fsp3) is 0.469. The Kier molecular flexibility index (Phi) is 8.28. The number of nitrogens with one attached hydrogen (secondary N) is 1. The number of hydrogen-bond donors (Lipinski definition) is 2. The number of ether oxygens (including phenoxy) is 1. The number of likely N-dealkylation sites (tertiary alicyclic amines) is 1. The van der Waals surface area contributed by atoms with Crippen LogP contribution in [-0.4, -0.2) is 84.8 Å². The molecule has 43 heavy (non-hydrogen) atoms. The average molecular weight is 609 g/mol.